The molecule has 0 bridgehead atoms. The Kier molecular flexibility index (Phi) is 4.74. The second kappa shape index (κ2) is 6.52. The molecule has 0 aromatic heterocycles. The van der Waals surface area contributed by atoms with E-state index in [0.29, 0.717) is 12.2 Å². The fourth-order valence-electron chi connectivity index (χ4n) is 2.23. The molecule has 2 rings (SSSR count). The van der Waals surface area contributed by atoms with E-state index in [2.05, 4.69) is 10.6 Å². The van der Waals surface area contributed by atoms with E-state index in [1.807, 2.05) is 12.1 Å². The Bertz CT molecular complexity index is 514. The zero-order chi connectivity index (χ0) is 14.5. The number of ether oxygens (including phenoxy) is 1. The maximum absolute atomic E-state index is 12.1. The second-order valence-electron chi connectivity index (χ2n) is 4.86. The van der Waals surface area contributed by atoms with Crippen molar-refractivity contribution in [2.75, 3.05) is 13.2 Å². The number of benzene rings is 1. The first-order valence-electron chi connectivity index (χ1n) is 6.92. The van der Waals surface area contributed by atoms with Crippen LogP contribution >= 0.6 is 0 Å². The number of esters is 1. The largest absolute Gasteiger partial charge is 0.464 e. The lowest BCUT2D eigenvalue weighted by atomic mass is 9.98. The van der Waals surface area contributed by atoms with E-state index in [-0.39, 0.29) is 5.91 Å². The molecule has 0 saturated carbocycles. The van der Waals surface area contributed by atoms with Crippen LogP contribution in [-0.4, -0.2) is 31.1 Å². The first-order chi connectivity index (χ1) is 9.61. The molecule has 1 heterocycles. The van der Waals surface area contributed by atoms with Gasteiger partial charge >= 0.3 is 5.97 Å². The summed E-state index contributed by atoms with van der Waals surface area (Å²) in [6, 6.07) is 5.03. The average Bonchev–Trinajstić information content (AvgIpc) is 2.46. The smallest absolute Gasteiger partial charge is 0.328 e. The summed E-state index contributed by atoms with van der Waals surface area (Å²) in [5, 5.41) is 5.93. The molecule has 1 unspecified atom stereocenters. The normalized spacial score (nSPS) is 15.1. The third-order valence-corrected chi connectivity index (χ3v) is 3.34. The minimum Gasteiger partial charge on any atom is -0.464 e. The highest BCUT2D eigenvalue weighted by Crippen LogP contribution is 2.16. The van der Waals surface area contributed by atoms with Crippen molar-refractivity contribution >= 4 is 11.9 Å². The molecule has 0 fully saturated rings. The summed E-state index contributed by atoms with van der Waals surface area (Å²) in [4.78, 5) is 23.6. The van der Waals surface area contributed by atoms with E-state index < -0.39 is 12.0 Å². The minimum atomic E-state index is -0.642. The van der Waals surface area contributed by atoms with Gasteiger partial charge in [0.2, 0.25) is 0 Å². The van der Waals surface area contributed by atoms with Gasteiger partial charge in [0.25, 0.3) is 5.91 Å². The molecule has 1 aliphatic rings. The van der Waals surface area contributed by atoms with Gasteiger partial charge in [0.1, 0.15) is 6.04 Å². The lowest BCUT2D eigenvalue weighted by Crippen LogP contribution is -2.39. The molecule has 5 nitrogen and oxygen atoms in total. The zero-order valence-electron chi connectivity index (χ0n) is 11.9. The number of hydrogen-bond acceptors (Lipinski definition) is 4. The number of carbonyl (C=O) groups is 2. The first kappa shape index (κ1) is 14.5. The molecular weight excluding hydrogens is 256 g/mol. The summed E-state index contributed by atoms with van der Waals surface area (Å²) < 4.78 is 4.87. The first-order valence-corrected chi connectivity index (χ1v) is 6.92. The molecular formula is C15H20N2O3. The van der Waals surface area contributed by atoms with E-state index in [9.17, 15) is 9.59 Å². The highest BCUT2D eigenvalue weighted by atomic mass is 16.5. The van der Waals surface area contributed by atoms with Gasteiger partial charge in [-0.2, -0.15) is 0 Å². The topological polar surface area (TPSA) is 67.4 Å². The molecule has 1 aliphatic heterocycles. The summed E-state index contributed by atoms with van der Waals surface area (Å²) in [5.74, 6) is -0.667. The van der Waals surface area contributed by atoms with Crippen LogP contribution in [-0.2, 0) is 22.5 Å². The van der Waals surface area contributed by atoms with E-state index in [0.717, 1.165) is 25.1 Å². The van der Waals surface area contributed by atoms with Gasteiger partial charge in [0.15, 0.2) is 0 Å². The Morgan fingerprint density at radius 3 is 2.95 bits per heavy atom. The van der Waals surface area contributed by atoms with Crippen LogP contribution in [0.3, 0.4) is 0 Å². The molecule has 5 heteroatoms. The standard InChI is InChI=1S/C15H20N2O3/c1-3-20-15(19)10(2)17-14(18)12-5-4-11-6-7-16-9-13(11)8-12/h4-5,8,10,16H,3,6-7,9H2,1-2H3,(H,17,18). The van der Waals surface area contributed by atoms with E-state index in [1.165, 1.54) is 5.56 Å². The Morgan fingerprint density at radius 2 is 2.20 bits per heavy atom. The number of fused-ring (bicyclic) bond motifs is 1. The van der Waals surface area contributed by atoms with Gasteiger partial charge in [0, 0.05) is 12.1 Å². The Morgan fingerprint density at radius 1 is 1.40 bits per heavy atom. The van der Waals surface area contributed by atoms with Crippen LogP contribution in [0.2, 0.25) is 0 Å². The Labute approximate surface area is 118 Å². The van der Waals surface area contributed by atoms with E-state index in [1.54, 1.807) is 19.9 Å². The predicted molar refractivity (Wildman–Crippen MR) is 75.4 cm³/mol. The highest BCUT2D eigenvalue weighted by Gasteiger charge is 2.18. The van der Waals surface area contributed by atoms with Gasteiger partial charge < -0.3 is 15.4 Å². The lowest BCUT2D eigenvalue weighted by Gasteiger charge is -2.18. The number of rotatable bonds is 4. The van der Waals surface area contributed by atoms with Crippen LogP contribution in [0.5, 0.6) is 0 Å². The molecule has 0 aliphatic carbocycles. The highest BCUT2D eigenvalue weighted by molar-refractivity contribution is 5.96. The quantitative estimate of drug-likeness (QED) is 0.806. The number of carbonyl (C=O) groups excluding carboxylic acids is 2. The Hall–Kier alpha value is -1.88. The number of nitrogens with one attached hydrogen (secondary N) is 2. The summed E-state index contributed by atoms with van der Waals surface area (Å²) >= 11 is 0. The summed E-state index contributed by atoms with van der Waals surface area (Å²) in [7, 11) is 0. The van der Waals surface area contributed by atoms with Crippen molar-refractivity contribution in [3.05, 3.63) is 34.9 Å². The molecule has 0 spiro atoms. The lowest BCUT2D eigenvalue weighted by molar-refractivity contribution is -0.144. The second-order valence-corrected chi connectivity index (χ2v) is 4.86. The van der Waals surface area contributed by atoms with Crippen molar-refractivity contribution in [3.8, 4) is 0 Å². The summed E-state index contributed by atoms with van der Waals surface area (Å²) in [6.45, 7) is 5.42. The predicted octanol–water partition coefficient (Wildman–Crippen LogP) is 1.01. The van der Waals surface area contributed by atoms with Gasteiger partial charge in [-0.25, -0.2) is 4.79 Å². The zero-order valence-corrected chi connectivity index (χ0v) is 11.9. The number of hydrogen-bond donors (Lipinski definition) is 2. The fraction of sp³-hybridized carbons (Fsp3) is 0.467. The van der Waals surface area contributed by atoms with Crippen LogP contribution in [0.15, 0.2) is 18.2 Å². The van der Waals surface area contributed by atoms with Crippen LogP contribution < -0.4 is 10.6 Å². The third kappa shape index (κ3) is 3.36. The van der Waals surface area contributed by atoms with Crippen molar-refractivity contribution in [2.24, 2.45) is 0 Å². The van der Waals surface area contributed by atoms with Crippen molar-refractivity contribution in [1.29, 1.82) is 0 Å². The molecule has 1 atom stereocenters. The van der Waals surface area contributed by atoms with Gasteiger partial charge in [0.05, 0.1) is 6.61 Å². The van der Waals surface area contributed by atoms with Gasteiger partial charge in [-0.3, -0.25) is 4.79 Å². The molecule has 0 radical (unpaired) electrons. The van der Waals surface area contributed by atoms with Crippen LogP contribution in [0.1, 0.15) is 35.3 Å². The summed E-state index contributed by atoms with van der Waals surface area (Å²) in [6.07, 6.45) is 0.983. The summed E-state index contributed by atoms with van der Waals surface area (Å²) in [5.41, 5.74) is 3.00. The van der Waals surface area contributed by atoms with Gasteiger partial charge in [-0.05, 0) is 50.1 Å². The fourth-order valence-corrected chi connectivity index (χ4v) is 2.23. The average molecular weight is 276 g/mol. The van der Waals surface area contributed by atoms with Crippen LogP contribution in [0, 0.1) is 0 Å². The molecule has 108 valence electrons. The minimum absolute atomic E-state index is 0.251. The van der Waals surface area contributed by atoms with Crippen molar-refractivity contribution < 1.29 is 14.3 Å². The van der Waals surface area contributed by atoms with Crippen LogP contribution in [0.25, 0.3) is 0 Å². The third-order valence-electron chi connectivity index (χ3n) is 3.34. The molecule has 2 N–H and O–H groups in total. The maximum atomic E-state index is 12.1. The van der Waals surface area contributed by atoms with E-state index >= 15 is 0 Å². The van der Waals surface area contributed by atoms with Crippen molar-refractivity contribution in [2.45, 2.75) is 32.9 Å². The van der Waals surface area contributed by atoms with E-state index in [4.69, 9.17) is 4.74 Å². The molecule has 1 aromatic rings. The van der Waals surface area contributed by atoms with Crippen molar-refractivity contribution in [3.63, 3.8) is 0 Å². The molecule has 0 saturated heterocycles. The van der Waals surface area contributed by atoms with Crippen molar-refractivity contribution in [1.82, 2.24) is 10.6 Å². The van der Waals surface area contributed by atoms with Crippen LogP contribution in [0.4, 0.5) is 0 Å². The maximum Gasteiger partial charge on any atom is 0.328 e. The Balaban J connectivity index is 2.04. The molecule has 1 aromatic carbocycles. The monoisotopic (exact) mass is 276 g/mol. The molecule has 1 amide bonds. The molecule has 20 heavy (non-hydrogen) atoms. The number of amides is 1. The van der Waals surface area contributed by atoms with Gasteiger partial charge in [-0.1, -0.05) is 6.07 Å². The SMILES string of the molecule is CCOC(=O)C(C)NC(=O)c1ccc2c(c1)CNCC2. The van der Waals surface area contributed by atoms with Gasteiger partial charge in [-0.15, -0.1) is 0 Å².